The van der Waals surface area contributed by atoms with Crippen molar-refractivity contribution >= 4 is 5.91 Å². The molecule has 2 rings (SSSR count). The molecule has 1 unspecified atom stereocenters. The first-order valence-electron chi connectivity index (χ1n) is 5.36. The summed E-state index contributed by atoms with van der Waals surface area (Å²) in [6.45, 7) is 3.36. The first-order chi connectivity index (χ1) is 7.61. The van der Waals surface area contributed by atoms with Gasteiger partial charge in [0.2, 0.25) is 0 Å². The van der Waals surface area contributed by atoms with Crippen molar-refractivity contribution in [1.29, 1.82) is 0 Å². The van der Waals surface area contributed by atoms with Crippen LogP contribution in [0.15, 0.2) is 16.7 Å². The van der Waals surface area contributed by atoms with Crippen LogP contribution in [0, 0.1) is 6.92 Å². The van der Waals surface area contributed by atoms with Crippen molar-refractivity contribution in [3.8, 4) is 0 Å². The zero-order valence-electron chi connectivity index (χ0n) is 9.25. The molecule has 1 atom stereocenters. The fraction of sp³-hybridized carbons (Fsp3) is 0.545. The van der Waals surface area contributed by atoms with Gasteiger partial charge >= 0.3 is 0 Å². The molecule has 16 heavy (non-hydrogen) atoms. The number of aliphatic hydroxyl groups is 1. The minimum Gasteiger partial charge on any atom is -0.459 e. The van der Waals surface area contributed by atoms with Crippen LogP contribution in [0.1, 0.15) is 22.5 Å². The maximum Gasteiger partial charge on any atom is 0.287 e. The third-order valence-corrected chi connectivity index (χ3v) is 2.87. The number of nitrogens with one attached hydrogen (secondary N) is 2. The van der Waals surface area contributed by atoms with Gasteiger partial charge in [0.15, 0.2) is 5.76 Å². The molecule has 1 saturated heterocycles. The lowest BCUT2D eigenvalue weighted by atomic mass is 10.0. The lowest BCUT2D eigenvalue weighted by Gasteiger charge is -2.21. The molecular formula is C11H16N2O3. The summed E-state index contributed by atoms with van der Waals surface area (Å²) < 4.78 is 5.06. The van der Waals surface area contributed by atoms with Crippen LogP contribution in [0.2, 0.25) is 0 Å². The van der Waals surface area contributed by atoms with E-state index in [0.717, 1.165) is 12.1 Å². The maximum atomic E-state index is 11.7. The zero-order chi connectivity index (χ0) is 11.6. The van der Waals surface area contributed by atoms with Crippen LogP contribution >= 0.6 is 0 Å². The molecule has 0 spiro atoms. The summed E-state index contributed by atoms with van der Waals surface area (Å²) in [5, 5.41) is 15.7. The van der Waals surface area contributed by atoms with Gasteiger partial charge in [0.05, 0.1) is 11.9 Å². The van der Waals surface area contributed by atoms with Gasteiger partial charge in [-0.2, -0.15) is 0 Å². The van der Waals surface area contributed by atoms with Crippen molar-refractivity contribution in [2.75, 3.05) is 19.6 Å². The van der Waals surface area contributed by atoms with E-state index in [2.05, 4.69) is 10.6 Å². The predicted molar refractivity (Wildman–Crippen MR) is 58.2 cm³/mol. The van der Waals surface area contributed by atoms with E-state index >= 15 is 0 Å². The lowest BCUT2D eigenvalue weighted by Crippen LogP contribution is -2.44. The molecule has 1 aliphatic heterocycles. The average molecular weight is 224 g/mol. The van der Waals surface area contributed by atoms with Crippen molar-refractivity contribution in [3.05, 3.63) is 23.7 Å². The van der Waals surface area contributed by atoms with E-state index in [1.54, 1.807) is 6.07 Å². The minimum atomic E-state index is -0.823. The molecule has 0 aliphatic carbocycles. The summed E-state index contributed by atoms with van der Waals surface area (Å²) in [6, 6.07) is 1.74. The van der Waals surface area contributed by atoms with Crippen molar-refractivity contribution in [1.82, 2.24) is 10.6 Å². The average Bonchev–Trinajstić information content (AvgIpc) is 2.85. The number of β-amino-alcohol motifs (C(OH)–C–C–N with tert-alkyl or cyclic N) is 1. The number of hydrogen-bond donors (Lipinski definition) is 3. The van der Waals surface area contributed by atoms with Crippen LogP contribution in [0.25, 0.3) is 0 Å². The Balaban J connectivity index is 1.91. The van der Waals surface area contributed by atoms with Crippen LogP contribution in [0.3, 0.4) is 0 Å². The lowest BCUT2D eigenvalue weighted by molar-refractivity contribution is 0.0553. The number of amides is 1. The zero-order valence-corrected chi connectivity index (χ0v) is 9.25. The van der Waals surface area contributed by atoms with Gasteiger partial charge in [0.25, 0.3) is 5.91 Å². The normalized spacial score (nSPS) is 24.6. The van der Waals surface area contributed by atoms with E-state index in [1.165, 1.54) is 6.26 Å². The molecule has 0 saturated carbocycles. The number of carbonyl (C=O) groups is 1. The van der Waals surface area contributed by atoms with Gasteiger partial charge in [-0.05, 0) is 26.0 Å². The smallest absolute Gasteiger partial charge is 0.287 e. The van der Waals surface area contributed by atoms with E-state index in [9.17, 15) is 9.90 Å². The van der Waals surface area contributed by atoms with Crippen LogP contribution < -0.4 is 10.6 Å². The predicted octanol–water partition coefficient (Wildman–Crippen LogP) is 0.0422. The molecular weight excluding hydrogens is 208 g/mol. The highest BCUT2D eigenvalue weighted by molar-refractivity contribution is 5.92. The van der Waals surface area contributed by atoms with Gasteiger partial charge in [-0.15, -0.1) is 0 Å². The van der Waals surface area contributed by atoms with E-state index in [-0.39, 0.29) is 12.5 Å². The molecule has 1 aromatic heterocycles. The maximum absolute atomic E-state index is 11.7. The first kappa shape index (κ1) is 11.2. The van der Waals surface area contributed by atoms with Crippen LogP contribution in [0.5, 0.6) is 0 Å². The molecule has 0 bridgehead atoms. The summed E-state index contributed by atoms with van der Waals surface area (Å²) in [5.41, 5.74) is -0.0232. The highest BCUT2D eigenvalue weighted by atomic mass is 16.3. The van der Waals surface area contributed by atoms with Crippen molar-refractivity contribution in [2.24, 2.45) is 0 Å². The highest BCUT2D eigenvalue weighted by Gasteiger charge is 2.31. The fourth-order valence-electron chi connectivity index (χ4n) is 1.81. The fourth-order valence-corrected chi connectivity index (χ4v) is 1.81. The highest BCUT2D eigenvalue weighted by Crippen LogP contribution is 2.13. The van der Waals surface area contributed by atoms with E-state index in [0.29, 0.717) is 18.7 Å². The van der Waals surface area contributed by atoms with Crippen LogP contribution in [-0.2, 0) is 0 Å². The summed E-state index contributed by atoms with van der Waals surface area (Å²) in [4.78, 5) is 11.7. The summed E-state index contributed by atoms with van der Waals surface area (Å²) >= 11 is 0. The second-order valence-corrected chi connectivity index (χ2v) is 4.27. The topological polar surface area (TPSA) is 74.5 Å². The Bertz CT molecular complexity index is 380. The largest absolute Gasteiger partial charge is 0.459 e. The van der Waals surface area contributed by atoms with Gasteiger partial charge in [-0.25, -0.2) is 0 Å². The number of rotatable bonds is 3. The monoisotopic (exact) mass is 224 g/mol. The Morgan fingerprint density at radius 1 is 1.75 bits per heavy atom. The van der Waals surface area contributed by atoms with E-state index < -0.39 is 5.60 Å². The first-order valence-corrected chi connectivity index (χ1v) is 5.36. The Kier molecular flexibility index (Phi) is 2.98. The van der Waals surface area contributed by atoms with Crippen molar-refractivity contribution in [3.63, 3.8) is 0 Å². The van der Waals surface area contributed by atoms with Crippen molar-refractivity contribution in [2.45, 2.75) is 18.9 Å². The number of hydrogen-bond acceptors (Lipinski definition) is 4. The summed E-state index contributed by atoms with van der Waals surface area (Å²) in [6.07, 6.45) is 2.14. The molecule has 1 aromatic rings. The van der Waals surface area contributed by atoms with Gasteiger partial charge in [-0.1, -0.05) is 0 Å². The summed E-state index contributed by atoms with van der Waals surface area (Å²) in [5.74, 6) is 0.0392. The number of aryl methyl sites for hydroxylation is 1. The van der Waals surface area contributed by atoms with E-state index in [4.69, 9.17) is 4.42 Å². The third kappa shape index (κ3) is 2.25. The molecule has 1 aliphatic rings. The second kappa shape index (κ2) is 4.27. The van der Waals surface area contributed by atoms with E-state index in [1.807, 2.05) is 6.92 Å². The molecule has 0 radical (unpaired) electrons. The quantitative estimate of drug-likeness (QED) is 0.678. The molecule has 5 nitrogen and oxygen atoms in total. The Morgan fingerprint density at radius 2 is 2.56 bits per heavy atom. The van der Waals surface area contributed by atoms with Gasteiger partial charge in [0, 0.05) is 18.7 Å². The molecule has 1 amide bonds. The molecule has 1 fully saturated rings. The van der Waals surface area contributed by atoms with Crippen LogP contribution in [0.4, 0.5) is 0 Å². The molecule has 3 N–H and O–H groups in total. The van der Waals surface area contributed by atoms with Gasteiger partial charge < -0.3 is 20.2 Å². The molecule has 0 aromatic carbocycles. The molecule has 5 heteroatoms. The van der Waals surface area contributed by atoms with Gasteiger partial charge in [-0.3, -0.25) is 4.79 Å². The van der Waals surface area contributed by atoms with Crippen LogP contribution in [-0.4, -0.2) is 36.2 Å². The van der Waals surface area contributed by atoms with Crippen molar-refractivity contribution < 1.29 is 14.3 Å². The Hall–Kier alpha value is -1.33. The molecule has 2 heterocycles. The SMILES string of the molecule is Cc1ccoc1C(=O)NCC1(O)CCNC1. The Labute approximate surface area is 93.8 Å². The third-order valence-electron chi connectivity index (χ3n) is 2.87. The second-order valence-electron chi connectivity index (χ2n) is 4.27. The summed E-state index contributed by atoms with van der Waals surface area (Å²) in [7, 11) is 0. The molecule has 88 valence electrons. The number of furan rings is 1. The number of carbonyl (C=O) groups excluding carboxylic acids is 1. The Morgan fingerprint density at radius 3 is 3.12 bits per heavy atom. The minimum absolute atomic E-state index is 0.249. The standard InChI is InChI=1S/C11H16N2O3/c1-8-2-5-16-9(8)10(14)13-7-11(15)3-4-12-6-11/h2,5,12,15H,3-4,6-7H2,1H3,(H,13,14). The van der Waals surface area contributed by atoms with Gasteiger partial charge in [0.1, 0.15) is 0 Å².